The summed E-state index contributed by atoms with van der Waals surface area (Å²) in [6.45, 7) is 2.09. The predicted molar refractivity (Wildman–Crippen MR) is 131 cm³/mol. The minimum Gasteiger partial charge on any atom is -0.481 e. The molecular formula is C25H29N2O7S+. The molecule has 2 aromatic heterocycles. The number of nitrogens with zero attached hydrogens (tertiary/aromatic N) is 2. The van der Waals surface area contributed by atoms with Crippen LogP contribution in [0.3, 0.4) is 0 Å². The van der Waals surface area contributed by atoms with Crippen LogP contribution < -0.4 is 15.1 Å². The minimum atomic E-state index is -3.94. The number of hydrogen-bond donors (Lipinski definition) is 2. The van der Waals surface area contributed by atoms with Gasteiger partial charge in [-0.1, -0.05) is 0 Å². The van der Waals surface area contributed by atoms with E-state index in [2.05, 4.69) is 11.0 Å². The average molecular weight is 502 g/mol. The zero-order valence-corrected chi connectivity index (χ0v) is 20.2. The number of hydrogen-bond acceptors (Lipinski definition) is 6. The molecule has 0 amide bonds. The predicted octanol–water partition coefficient (Wildman–Crippen LogP) is 3.03. The summed E-state index contributed by atoms with van der Waals surface area (Å²) in [6.07, 6.45) is 7.20. The van der Waals surface area contributed by atoms with Crippen LogP contribution in [0.2, 0.25) is 0 Å². The lowest BCUT2D eigenvalue weighted by Gasteiger charge is -2.31. The molecule has 0 radical (unpaired) electrons. The van der Waals surface area contributed by atoms with Crippen LogP contribution in [0.5, 0.6) is 0 Å². The van der Waals surface area contributed by atoms with Gasteiger partial charge in [0.25, 0.3) is 10.1 Å². The number of carbonyl (C=O) groups is 1. The molecule has 4 rings (SSSR count). The van der Waals surface area contributed by atoms with Gasteiger partial charge in [-0.15, -0.1) is 0 Å². The van der Waals surface area contributed by atoms with E-state index in [9.17, 15) is 18.0 Å². The molecule has 0 saturated carbocycles. The molecule has 2 N–H and O–H groups in total. The van der Waals surface area contributed by atoms with Gasteiger partial charge in [0.2, 0.25) is 0 Å². The quantitative estimate of drug-likeness (QED) is 0.188. The van der Waals surface area contributed by atoms with Crippen LogP contribution in [0.15, 0.2) is 51.9 Å². The van der Waals surface area contributed by atoms with Crippen molar-refractivity contribution >= 4 is 32.7 Å². The summed E-state index contributed by atoms with van der Waals surface area (Å²) in [5.41, 5.74) is 3.42. The number of anilines is 1. The molecule has 0 atom stereocenters. The van der Waals surface area contributed by atoms with Crippen molar-refractivity contribution in [2.75, 3.05) is 23.7 Å². The van der Waals surface area contributed by atoms with E-state index in [1.54, 1.807) is 0 Å². The third kappa shape index (κ3) is 6.46. The highest BCUT2D eigenvalue weighted by Crippen LogP contribution is 2.32. The smallest absolute Gasteiger partial charge is 0.344 e. The summed E-state index contributed by atoms with van der Waals surface area (Å²) >= 11 is 0. The first kappa shape index (κ1) is 24.9. The molecule has 10 heteroatoms. The van der Waals surface area contributed by atoms with Gasteiger partial charge in [-0.3, -0.25) is 9.35 Å². The number of carboxylic acid groups (broad SMARTS) is 1. The number of unbranched alkanes of at least 4 members (excludes halogenated alkanes) is 1. The van der Waals surface area contributed by atoms with Crippen LogP contribution in [-0.2, 0) is 27.9 Å². The second-order valence-electron chi connectivity index (χ2n) is 8.87. The highest BCUT2D eigenvalue weighted by atomic mass is 32.2. The van der Waals surface area contributed by atoms with Crippen molar-refractivity contribution in [3.8, 4) is 11.1 Å². The van der Waals surface area contributed by atoms with Gasteiger partial charge in [0, 0.05) is 60.8 Å². The molecule has 1 aromatic carbocycles. The van der Waals surface area contributed by atoms with E-state index in [0.29, 0.717) is 43.5 Å². The third-order valence-electron chi connectivity index (χ3n) is 6.24. The molecule has 186 valence electrons. The lowest BCUT2D eigenvalue weighted by Crippen LogP contribution is -2.32. The molecule has 0 aliphatic carbocycles. The number of carboxylic acids is 1. The van der Waals surface area contributed by atoms with Crippen molar-refractivity contribution in [3.05, 3.63) is 58.7 Å². The number of rotatable bonds is 10. The molecular weight excluding hydrogens is 472 g/mol. The molecule has 35 heavy (non-hydrogen) atoms. The Hall–Kier alpha value is -3.24. The zero-order chi connectivity index (χ0) is 25.0. The Morgan fingerprint density at radius 2 is 1.89 bits per heavy atom. The Morgan fingerprint density at radius 1 is 1.11 bits per heavy atom. The van der Waals surface area contributed by atoms with Gasteiger partial charge < -0.3 is 14.4 Å². The monoisotopic (exact) mass is 501 g/mol. The van der Waals surface area contributed by atoms with Crippen LogP contribution in [0.25, 0.3) is 22.1 Å². The molecule has 0 saturated heterocycles. The first-order chi connectivity index (χ1) is 16.7. The molecule has 1 aliphatic heterocycles. The lowest BCUT2D eigenvalue weighted by atomic mass is 9.98. The molecule has 3 aromatic rings. The van der Waals surface area contributed by atoms with E-state index in [1.165, 1.54) is 0 Å². The number of aryl methyl sites for hydroxylation is 2. The van der Waals surface area contributed by atoms with Crippen LogP contribution in [0, 0.1) is 0 Å². The van der Waals surface area contributed by atoms with Gasteiger partial charge in [-0.2, -0.15) is 8.42 Å². The Bertz CT molecular complexity index is 1380. The van der Waals surface area contributed by atoms with Crippen molar-refractivity contribution in [2.45, 2.75) is 45.1 Å². The Morgan fingerprint density at radius 3 is 2.60 bits per heavy atom. The van der Waals surface area contributed by atoms with E-state index in [-0.39, 0.29) is 12.2 Å². The largest absolute Gasteiger partial charge is 0.481 e. The average Bonchev–Trinajstić information content (AvgIpc) is 2.80. The molecule has 3 heterocycles. The fraction of sp³-hybridized carbons (Fsp3) is 0.400. The van der Waals surface area contributed by atoms with Crippen molar-refractivity contribution in [1.29, 1.82) is 0 Å². The molecule has 0 fully saturated rings. The summed E-state index contributed by atoms with van der Waals surface area (Å²) in [4.78, 5) is 25.8. The van der Waals surface area contributed by atoms with E-state index in [0.717, 1.165) is 41.6 Å². The molecule has 0 bridgehead atoms. The van der Waals surface area contributed by atoms with Crippen molar-refractivity contribution in [1.82, 2.24) is 0 Å². The van der Waals surface area contributed by atoms with E-state index < -0.39 is 21.7 Å². The standard InChI is InChI=1S/C25H28N2O7S/c28-24(29)6-4-11-27-10-3-5-19-15-20-16-21(25(30)34-23(20)17-22(19)27)18-7-12-26(13-8-18)9-1-2-14-35(31,32)33/h7-8,12-13,15-17H,1-6,9-11,14H2,(H-,28,29,31,32,33)/p+1. The fourth-order valence-corrected chi connectivity index (χ4v) is 5.07. The SMILES string of the molecule is O=C(O)CCCN1CCCc2cc3cc(-c4cc[n+](CCCCS(=O)(=O)O)cc4)c(=O)oc3cc21. The Kier molecular flexibility index (Phi) is 7.51. The second-order valence-corrected chi connectivity index (χ2v) is 10.4. The number of aromatic nitrogens is 1. The molecule has 0 spiro atoms. The fourth-order valence-electron chi connectivity index (χ4n) is 4.50. The Balaban J connectivity index is 1.52. The summed E-state index contributed by atoms with van der Waals surface area (Å²) in [7, 11) is -3.94. The number of benzene rings is 1. The zero-order valence-electron chi connectivity index (χ0n) is 19.4. The van der Waals surface area contributed by atoms with Crippen LogP contribution in [0.1, 0.15) is 37.7 Å². The van der Waals surface area contributed by atoms with Crippen molar-refractivity contribution in [3.63, 3.8) is 0 Å². The van der Waals surface area contributed by atoms with Gasteiger partial charge in [0.05, 0.1) is 11.3 Å². The summed E-state index contributed by atoms with van der Waals surface area (Å²) in [5.74, 6) is -1.06. The van der Waals surface area contributed by atoms with E-state index in [1.807, 2.05) is 41.2 Å². The molecule has 1 aliphatic rings. The first-order valence-corrected chi connectivity index (χ1v) is 13.3. The van der Waals surface area contributed by atoms with Gasteiger partial charge >= 0.3 is 11.6 Å². The van der Waals surface area contributed by atoms with Gasteiger partial charge in [0.15, 0.2) is 12.4 Å². The maximum Gasteiger partial charge on any atom is 0.344 e. The summed E-state index contributed by atoms with van der Waals surface area (Å²) < 4.78 is 38.0. The number of aliphatic carboxylic acids is 1. The topological polar surface area (TPSA) is 129 Å². The first-order valence-electron chi connectivity index (χ1n) is 11.7. The maximum atomic E-state index is 12.8. The van der Waals surface area contributed by atoms with Crippen molar-refractivity contribution in [2.24, 2.45) is 0 Å². The van der Waals surface area contributed by atoms with Gasteiger partial charge in [-0.25, -0.2) is 9.36 Å². The van der Waals surface area contributed by atoms with Crippen LogP contribution in [0.4, 0.5) is 5.69 Å². The summed E-state index contributed by atoms with van der Waals surface area (Å²) in [5, 5.41) is 9.76. The van der Waals surface area contributed by atoms with Crippen molar-refractivity contribution < 1.29 is 31.9 Å². The highest BCUT2D eigenvalue weighted by molar-refractivity contribution is 7.85. The summed E-state index contributed by atoms with van der Waals surface area (Å²) in [6, 6.07) is 9.43. The normalized spacial score (nSPS) is 13.7. The van der Waals surface area contributed by atoms with Gasteiger partial charge in [0.1, 0.15) is 12.1 Å². The Labute approximate surface area is 203 Å². The van der Waals surface area contributed by atoms with Gasteiger partial charge in [-0.05, 0) is 43.4 Å². The number of fused-ring (bicyclic) bond motifs is 2. The number of pyridine rings is 1. The van der Waals surface area contributed by atoms with E-state index >= 15 is 0 Å². The molecule has 9 nitrogen and oxygen atoms in total. The minimum absolute atomic E-state index is 0.125. The van der Waals surface area contributed by atoms with E-state index in [4.69, 9.17) is 14.1 Å². The second kappa shape index (κ2) is 10.6. The van der Waals surface area contributed by atoms with Crippen LogP contribution in [-0.4, -0.2) is 42.9 Å². The third-order valence-corrected chi connectivity index (χ3v) is 7.04. The highest BCUT2D eigenvalue weighted by Gasteiger charge is 2.20. The lowest BCUT2D eigenvalue weighted by molar-refractivity contribution is -0.697. The molecule has 0 unspecified atom stereocenters. The van der Waals surface area contributed by atoms with Crippen LogP contribution >= 0.6 is 0 Å². The maximum absolute atomic E-state index is 12.8.